The van der Waals surface area contributed by atoms with E-state index in [2.05, 4.69) is 9.88 Å². The van der Waals surface area contributed by atoms with Crippen molar-refractivity contribution >= 4 is 17.0 Å². The Bertz CT molecular complexity index is 618. The molecule has 1 aliphatic heterocycles. The van der Waals surface area contributed by atoms with E-state index in [0.29, 0.717) is 0 Å². The van der Waals surface area contributed by atoms with Gasteiger partial charge < -0.3 is 0 Å². The maximum Gasteiger partial charge on any atom is 0.269 e. The molecule has 1 fully saturated rings. The molecule has 5 nitrogen and oxygen atoms in total. The van der Waals surface area contributed by atoms with Crippen LogP contribution in [-0.2, 0) is 6.54 Å². The molecular formula is C15H17N3O2S. The van der Waals surface area contributed by atoms with Crippen molar-refractivity contribution < 1.29 is 4.92 Å². The van der Waals surface area contributed by atoms with Gasteiger partial charge in [0.1, 0.15) is 5.01 Å². The van der Waals surface area contributed by atoms with Gasteiger partial charge in [0, 0.05) is 23.1 Å². The molecule has 3 rings (SSSR count). The van der Waals surface area contributed by atoms with Gasteiger partial charge in [0.05, 0.1) is 17.2 Å². The van der Waals surface area contributed by atoms with Crippen molar-refractivity contribution in [1.29, 1.82) is 0 Å². The highest BCUT2D eigenvalue weighted by Crippen LogP contribution is 2.25. The molecule has 0 N–H and O–H groups in total. The number of nitrogens with zero attached hydrogens (tertiary/aromatic N) is 3. The number of benzene rings is 1. The summed E-state index contributed by atoms with van der Waals surface area (Å²) < 4.78 is 0. The van der Waals surface area contributed by atoms with E-state index < -0.39 is 0 Å². The van der Waals surface area contributed by atoms with Crippen molar-refractivity contribution in [2.45, 2.75) is 25.8 Å². The molecule has 1 aliphatic rings. The summed E-state index contributed by atoms with van der Waals surface area (Å²) in [6.45, 7) is 3.23. The zero-order valence-corrected chi connectivity index (χ0v) is 12.5. The van der Waals surface area contributed by atoms with Gasteiger partial charge in [-0.1, -0.05) is 6.42 Å². The molecule has 0 spiro atoms. The van der Waals surface area contributed by atoms with E-state index in [0.717, 1.165) is 35.9 Å². The molecule has 0 atom stereocenters. The number of piperidine rings is 1. The van der Waals surface area contributed by atoms with Gasteiger partial charge in [0.2, 0.25) is 0 Å². The minimum atomic E-state index is -0.382. The van der Waals surface area contributed by atoms with Crippen LogP contribution < -0.4 is 0 Å². The molecule has 0 aliphatic carbocycles. The molecule has 0 unspecified atom stereocenters. The van der Waals surface area contributed by atoms with E-state index in [1.165, 1.54) is 31.4 Å². The Hall–Kier alpha value is -1.79. The highest BCUT2D eigenvalue weighted by Gasteiger charge is 2.13. The molecule has 0 saturated carbocycles. The number of hydrogen-bond donors (Lipinski definition) is 0. The second-order valence-electron chi connectivity index (χ2n) is 5.27. The van der Waals surface area contributed by atoms with Crippen LogP contribution in [-0.4, -0.2) is 27.9 Å². The summed E-state index contributed by atoms with van der Waals surface area (Å²) in [5.41, 5.74) is 1.95. The number of aromatic nitrogens is 1. The van der Waals surface area contributed by atoms with Crippen molar-refractivity contribution in [3.8, 4) is 11.3 Å². The van der Waals surface area contributed by atoms with Crippen LogP contribution in [0.2, 0.25) is 0 Å². The van der Waals surface area contributed by atoms with Crippen LogP contribution in [0.3, 0.4) is 0 Å². The Kier molecular flexibility index (Phi) is 4.26. The number of nitro benzene ring substituents is 1. The number of thiazole rings is 1. The Morgan fingerprint density at radius 2 is 1.90 bits per heavy atom. The minimum absolute atomic E-state index is 0.113. The van der Waals surface area contributed by atoms with Crippen LogP contribution >= 0.6 is 11.3 Å². The lowest BCUT2D eigenvalue weighted by atomic mass is 10.1. The molecule has 1 aromatic carbocycles. The van der Waals surface area contributed by atoms with E-state index in [4.69, 9.17) is 0 Å². The van der Waals surface area contributed by atoms with E-state index >= 15 is 0 Å². The largest absolute Gasteiger partial charge is 0.297 e. The van der Waals surface area contributed by atoms with Crippen LogP contribution in [0.4, 0.5) is 5.69 Å². The average Bonchev–Trinajstić information content (AvgIpc) is 2.97. The first-order valence-corrected chi connectivity index (χ1v) is 8.02. The van der Waals surface area contributed by atoms with Gasteiger partial charge in [-0.15, -0.1) is 11.3 Å². The van der Waals surface area contributed by atoms with Crippen LogP contribution in [0.15, 0.2) is 29.6 Å². The monoisotopic (exact) mass is 303 g/mol. The second-order valence-corrected chi connectivity index (χ2v) is 6.21. The first kappa shape index (κ1) is 14.2. The third-order valence-electron chi connectivity index (χ3n) is 3.73. The van der Waals surface area contributed by atoms with Crippen LogP contribution in [0.25, 0.3) is 11.3 Å². The maximum absolute atomic E-state index is 10.7. The highest BCUT2D eigenvalue weighted by molar-refractivity contribution is 7.09. The Balaban J connectivity index is 1.70. The molecule has 1 saturated heterocycles. The van der Waals surface area contributed by atoms with E-state index in [-0.39, 0.29) is 10.6 Å². The third kappa shape index (κ3) is 3.46. The summed E-state index contributed by atoms with van der Waals surface area (Å²) in [5.74, 6) is 0. The van der Waals surface area contributed by atoms with Gasteiger partial charge >= 0.3 is 0 Å². The number of nitro groups is 1. The molecule has 0 radical (unpaired) electrons. The molecule has 2 heterocycles. The van der Waals surface area contributed by atoms with Gasteiger partial charge in [0.15, 0.2) is 0 Å². The molecule has 110 valence electrons. The molecular weight excluding hydrogens is 286 g/mol. The Morgan fingerprint density at radius 1 is 1.19 bits per heavy atom. The lowest BCUT2D eigenvalue weighted by Crippen LogP contribution is -2.28. The van der Waals surface area contributed by atoms with Crippen LogP contribution in [0.5, 0.6) is 0 Å². The van der Waals surface area contributed by atoms with Gasteiger partial charge in [-0.05, 0) is 38.1 Å². The fourth-order valence-corrected chi connectivity index (χ4v) is 3.42. The fourth-order valence-electron chi connectivity index (χ4n) is 2.58. The number of rotatable bonds is 4. The number of likely N-dealkylation sites (tertiary alicyclic amines) is 1. The van der Waals surface area contributed by atoms with Crippen LogP contribution in [0.1, 0.15) is 24.3 Å². The first-order chi connectivity index (χ1) is 10.2. The van der Waals surface area contributed by atoms with E-state index in [9.17, 15) is 10.1 Å². The van der Waals surface area contributed by atoms with E-state index in [1.54, 1.807) is 23.5 Å². The molecule has 2 aromatic rings. The maximum atomic E-state index is 10.7. The van der Waals surface area contributed by atoms with Gasteiger partial charge in [-0.2, -0.15) is 0 Å². The molecule has 0 bridgehead atoms. The van der Waals surface area contributed by atoms with Gasteiger partial charge in [-0.3, -0.25) is 15.0 Å². The zero-order chi connectivity index (χ0) is 14.7. The van der Waals surface area contributed by atoms with Gasteiger partial charge in [-0.25, -0.2) is 4.98 Å². The molecule has 6 heteroatoms. The fraction of sp³-hybridized carbons (Fsp3) is 0.400. The average molecular weight is 303 g/mol. The lowest BCUT2D eigenvalue weighted by molar-refractivity contribution is -0.384. The molecule has 0 amide bonds. The molecule has 21 heavy (non-hydrogen) atoms. The smallest absolute Gasteiger partial charge is 0.269 e. The summed E-state index contributed by atoms with van der Waals surface area (Å²) in [6, 6.07) is 6.58. The number of hydrogen-bond acceptors (Lipinski definition) is 5. The quantitative estimate of drug-likeness (QED) is 0.638. The number of non-ortho nitro benzene ring substituents is 1. The SMILES string of the molecule is O=[N+]([O-])c1ccc(-c2csc(CN3CCCCC3)n2)cc1. The summed E-state index contributed by atoms with van der Waals surface area (Å²) in [6.07, 6.45) is 3.89. The predicted octanol–water partition coefficient (Wildman–Crippen LogP) is 3.70. The normalized spacial score (nSPS) is 16.0. The highest BCUT2D eigenvalue weighted by atomic mass is 32.1. The predicted molar refractivity (Wildman–Crippen MR) is 83.3 cm³/mol. The van der Waals surface area contributed by atoms with Gasteiger partial charge in [0.25, 0.3) is 5.69 Å². The lowest BCUT2D eigenvalue weighted by Gasteiger charge is -2.25. The summed E-state index contributed by atoms with van der Waals surface area (Å²) in [7, 11) is 0. The van der Waals surface area contributed by atoms with Crippen molar-refractivity contribution in [1.82, 2.24) is 9.88 Å². The van der Waals surface area contributed by atoms with E-state index in [1.807, 2.05) is 5.38 Å². The first-order valence-electron chi connectivity index (χ1n) is 7.14. The zero-order valence-electron chi connectivity index (χ0n) is 11.7. The second kappa shape index (κ2) is 6.32. The Morgan fingerprint density at radius 3 is 2.57 bits per heavy atom. The van der Waals surface area contributed by atoms with Crippen molar-refractivity contribution in [3.05, 3.63) is 44.8 Å². The topological polar surface area (TPSA) is 59.3 Å². The summed E-state index contributed by atoms with van der Waals surface area (Å²) in [4.78, 5) is 17.4. The van der Waals surface area contributed by atoms with Crippen molar-refractivity contribution in [3.63, 3.8) is 0 Å². The summed E-state index contributed by atoms with van der Waals surface area (Å²) >= 11 is 1.66. The Labute approximate surface area is 127 Å². The van der Waals surface area contributed by atoms with Crippen LogP contribution in [0, 0.1) is 10.1 Å². The third-order valence-corrected chi connectivity index (χ3v) is 4.57. The summed E-state index contributed by atoms with van der Waals surface area (Å²) in [5, 5.41) is 13.8. The van der Waals surface area contributed by atoms with Crippen molar-refractivity contribution in [2.24, 2.45) is 0 Å². The minimum Gasteiger partial charge on any atom is -0.297 e. The standard InChI is InChI=1S/C15H17N3O2S/c19-18(20)13-6-4-12(5-7-13)14-11-21-15(16-14)10-17-8-2-1-3-9-17/h4-7,11H,1-3,8-10H2. The molecule has 1 aromatic heterocycles. The van der Waals surface area contributed by atoms with Crippen molar-refractivity contribution in [2.75, 3.05) is 13.1 Å².